The Morgan fingerprint density at radius 1 is 1.06 bits per heavy atom. The van der Waals surface area contributed by atoms with E-state index < -0.39 is 0 Å². The standard InChI is InChI=1S/C13H12Cl2N2S/c1-8-12(15)16-9(2)17-13(8)18-7-10-3-5-11(14)6-4-10/h3-6H,7H2,1-2H3. The van der Waals surface area contributed by atoms with Crippen molar-refractivity contribution >= 4 is 35.0 Å². The zero-order chi connectivity index (χ0) is 13.1. The second-order valence-electron chi connectivity index (χ2n) is 3.91. The SMILES string of the molecule is Cc1nc(Cl)c(C)c(SCc2ccc(Cl)cc2)n1. The normalized spacial score (nSPS) is 10.7. The van der Waals surface area contributed by atoms with Crippen molar-refractivity contribution in [2.75, 3.05) is 0 Å². The lowest BCUT2D eigenvalue weighted by Gasteiger charge is -2.07. The molecule has 0 N–H and O–H groups in total. The van der Waals surface area contributed by atoms with Crippen LogP contribution >= 0.6 is 35.0 Å². The van der Waals surface area contributed by atoms with Crippen LogP contribution in [0.5, 0.6) is 0 Å². The van der Waals surface area contributed by atoms with Gasteiger partial charge in [0.15, 0.2) is 0 Å². The predicted octanol–water partition coefficient (Wildman–Crippen LogP) is 4.69. The fourth-order valence-electron chi connectivity index (χ4n) is 1.44. The molecule has 0 amide bonds. The number of halogens is 2. The van der Waals surface area contributed by atoms with Gasteiger partial charge in [0.05, 0.1) is 0 Å². The topological polar surface area (TPSA) is 25.8 Å². The van der Waals surface area contributed by atoms with Gasteiger partial charge < -0.3 is 0 Å². The molecule has 0 aliphatic heterocycles. The molecular formula is C13H12Cl2N2S. The minimum atomic E-state index is 0.529. The largest absolute Gasteiger partial charge is 0.227 e. The van der Waals surface area contributed by atoms with Crippen LogP contribution in [0.1, 0.15) is 17.0 Å². The molecule has 0 unspecified atom stereocenters. The molecule has 0 radical (unpaired) electrons. The minimum Gasteiger partial charge on any atom is -0.227 e. The van der Waals surface area contributed by atoms with E-state index >= 15 is 0 Å². The molecule has 0 spiro atoms. The van der Waals surface area contributed by atoms with E-state index in [1.807, 2.05) is 38.1 Å². The lowest BCUT2D eigenvalue weighted by Crippen LogP contribution is -1.95. The van der Waals surface area contributed by atoms with Crippen LogP contribution in [0.3, 0.4) is 0 Å². The number of nitrogens with zero attached hydrogens (tertiary/aromatic N) is 2. The summed E-state index contributed by atoms with van der Waals surface area (Å²) in [6, 6.07) is 7.81. The van der Waals surface area contributed by atoms with Crippen LogP contribution in [0.25, 0.3) is 0 Å². The quantitative estimate of drug-likeness (QED) is 0.607. The lowest BCUT2D eigenvalue weighted by molar-refractivity contribution is 0.938. The maximum absolute atomic E-state index is 6.04. The summed E-state index contributed by atoms with van der Waals surface area (Å²) >= 11 is 13.5. The highest BCUT2D eigenvalue weighted by atomic mass is 35.5. The molecular weight excluding hydrogens is 287 g/mol. The zero-order valence-corrected chi connectivity index (χ0v) is 12.4. The van der Waals surface area contributed by atoms with Gasteiger partial charge in [-0.3, -0.25) is 0 Å². The first-order valence-corrected chi connectivity index (χ1v) is 7.18. The average Bonchev–Trinajstić information content (AvgIpc) is 2.34. The second-order valence-corrected chi connectivity index (χ2v) is 5.67. The number of hydrogen-bond donors (Lipinski definition) is 0. The lowest BCUT2D eigenvalue weighted by atomic mass is 10.2. The second kappa shape index (κ2) is 5.91. The van der Waals surface area contributed by atoms with E-state index in [4.69, 9.17) is 23.2 Å². The molecule has 0 fully saturated rings. The van der Waals surface area contributed by atoms with Crippen molar-refractivity contribution < 1.29 is 0 Å². The van der Waals surface area contributed by atoms with Crippen molar-refractivity contribution in [2.45, 2.75) is 24.6 Å². The predicted molar refractivity (Wildman–Crippen MR) is 77.5 cm³/mol. The van der Waals surface area contributed by atoms with E-state index in [0.717, 1.165) is 21.4 Å². The van der Waals surface area contributed by atoms with Gasteiger partial charge >= 0.3 is 0 Å². The van der Waals surface area contributed by atoms with Crippen LogP contribution in [0.2, 0.25) is 10.2 Å². The highest BCUT2D eigenvalue weighted by molar-refractivity contribution is 7.98. The molecule has 2 aromatic rings. The maximum atomic E-state index is 6.04. The zero-order valence-electron chi connectivity index (χ0n) is 10.1. The summed E-state index contributed by atoms with van der Waals surface area (Å²) in [5.74, 6) is 1.54. The number of aryl methyl sites for hydroxylation is 1. The monoisotopic (exact) mass is 298 g/mol. The van der Waals surface area contributed by atoms with Crippen LogP contribution in [0.15, 0.2) is 29.3 Å². The summed E-state index contributed by atoms with van der Waals surface area (Å²) < 4.78 is 0. The summed E-state index contributed by atoms with van der Waals surface area (Å²) in [5.41, 5.74) is 2.14. The van der Waals surface area contributed by atoms with Crippen LogP contribution in [0, 0.1) is 13.8 Å². The molecule has 1 aromatic carbocycles. The smallest absolute Gasteiger partial charge is 0.136 e. The third-order valence-corrected chi connectivity index (χ3v) is 4.21. The van der Waals surface area contributed by atoms with Crippen molar-refractivity contribution in [1.29, 1.82) is 0 Å². The summed E-state index contributed by atoms with van der Waals surface area (Å²) in [7, 11) is 0. The first-order chi connectivity index (χ1) is 8.56. The van der Waals surface area contributed by atoms with Crippen LogP contribution in [-0.2, 0) is 5.75 Å². The highest BCUT2D eigenvalue weighted by Crippen LogP contribution is 2.27. The Morgan fingerprint density at radius 2 is 1.72 bits per heavy atom. The van der Waals surface area contributed by atoms with Crippen molar-refractivity contribution in [3.8, 4) is 0 Å². The number of aromatic nitrogens is 2. The molecule has 94 valence electrons. The van der Waals surface area contributed by atoms with Gasteiger partial charge in [-0.05, 0) is 31.5 Å². The molecule has 2 nitrogen and oxygen atoms in total. The Morgan fingerprint density at radius 3 is 2.39 bits per heavy atom. The molecule has 0 aliphatic carbocycles. The Bertz CT molecular complexity index is 556. The van der Waals surface area contributed by atoms with E-state index in [2.05, 4.69) is 9.97 Å². The Hall–Kier alpha value is -0.770. The van der Waals surface area contributed by atoms with Gasteiger partial charge in [-0.2, -0.15) is 0 Å². The fourth-order valence-corrected chi connectivity index (χ4v) is 2.84. The van der Waals surface area contributed by atoms with Crippen LogP contribution in [0.4, 0.5) is 0 Å². The first kappa shape index (κ1) is 13.7. The maximum Gasteiger partial charge on any atom is 0.136 e. The number of benzene rings is 1. The molecule has 0 saturated heterocycles. The van der Waals surface area contributed by atoms with E-state index in [1.54, 1.807) is 11.8 Å². The molecule has 0 bridgehead atoms. The molecule has 0 saturated carbocycles. The molecule has 1 aromatic heterocycles. The summed E-state index contributed by atoms with van der Waals surface area (Å²) in [6.45, 7) is 3.78. The van der Waals surface area contributed by atoms with Crippen molar-refractivity contribution in [3.63, 3.8) is 0 Å². The Labute approximate surface area is 121 Å². The first-order valence-electron chi connectivity index (χ1n) is 5.44. The van der Waals surface area contributed by atoms with E-state index in [-0.39, 0.29) is 0 Å². The molecule has 0 aliphatic rings. The summed E-state index contributed by atoms with van der Waals surface area (Å²) in [6.07, 6.45) is 0. The third-order valence-electron chi connectivity index (χ3n) is 2.44. The van der Waals surface area contributed by atoms with Crippen molar-refractivity contribution in [1.82, 2.24) is 9.97 Å². The van der Waals surface area contributed by atoms with Crippen LogP contribution < -0.4 is 0 Å². The molecule has 0 atom stereocenters. The molecule has 18 heavy (non-hydrogen) atoms. The summed E-state index contributed by atoms with van der Waals surface area (Å²) in [5, 5.41) is 2.21. The third kappa shape index (κ3) is 3.37. The van der Waals surface area contributed by atoms with Crippen molar-refractivity contribution in [3.05, 3.63) is 51.4 Å². The van der Waals surface area contributed by atoms with Gasteiger partial charge in [-0.1, -0.05) is 35.3 Å². The van der Waals surface area contributed by atoms with E-state index in [9.17, 15) is 0 Å². The highest BCUT2D eigenvalue weighted by Gasteiger charge is 2.08. The van der Waals surface area contributed by atoms with Gasteiger partial charge in [0.25, 0.3) is 0 Å². The van der Waals surface area contributed by atoms with Crippen LogP contribution in [-0.4, -0.2) is 9.97 Å². The summed E-state index contributed by atoms with van der Waals surface area (Å²) in [4.78, 5) is 8.53. The van der Waals surface area contributed by atoms with Crippen molar-refractivity contribution in [2.24, 2.45) is 0 Å². The van der Waals surface area contributed by atoms with E-state index in [1.165, 1.54) is 5.56 Å². The number of hydrogen-bond acceptors (Lipinski definition) is 3. The van der Waals surface area contributed by atoms with Gasteiger partial charge in [-0.25, -0.2) is 9.97 Å². The minimum absolute atomic E-state index is 0.529. The van der Waals surface area contributed by atoms with Gasteiger partial charge in [0, 0.05) is 16.3 Å². The van der Waals surface area contributed by atoms with Gasteiger partial charge in [-0.15, -0.1) is 11.8 Å². The molecule has 1 heterocycles. The van der Waals surface area contributed by atoms with Gasteiger partial charge in [0.1, 0.15) is 16.0 Å². The number of rotatable bonds is 3. The Kier molecular flexibility index (Phi) is 4.49. The number of thioether (sulfide) groups is 1. The van der Waals surface area contributed by atoms with E-state index in [0.29, 0.717) is 11.0 Å². The molecule has 5 heteroatoms. The molecule has 2 rings (SSSR count). The Balaban J connectivity index is 2.13. The van der Waals surface area contributed by atoms with Gasteiger partial charge in [0.2, 0.25) is 0 Å². The average molecular weight is 299 g/mol. The fraction of sp³-hybridized carbons (Fsp3) is 0.231.